The summed E-state index contributed by atoms with van der Waals surface area (Å²) in [6.07, 6.45) is 7.38. The quantitative estimate of drug-likeness (QED) is 0.741. The fourth-order valence-electron chi connectivity index (χ4n) is 3.35. The Balaban J connectivity index is 1.82. The maximum Gasteiger partial charge on any atom is 0.233 e. The summed E-state index contributed by atoms with van der Waals surface area (Å²) in [7, 11) is 0. The second-order valence-electron chi connectivity index (χ2n) is 6.32. The Morgan fingerprint density at radius 1 is 1.17 bits per heavy atom. The zero-order chi connectivity index (χ0) is 16.9. The van der Waals surface area contributed by atoms with Crippen molar-refractivity contribution in [2.75, 3.05) is 5.32 Å². The molecule has 0 aliphatic heterocycles. The Labute approximate surface area is 152 Å². The SMILES string of the molecule is O=C(Nc1ccccn1)[C@H](CC1CCCC1)c1ccc(Cl)c(Cl)c1. The van der Waals surface area contributed by atoms with Crippen molar-refractivity contribution in [2.24, 2.45) is 5.92 Å². The Morgan fingerprint density at radius 3 is 2.62 bits per heavy atom. The van der Waals surface area contributed by atoms with Gasteiger partial charge in [-0.2, -0.15) is 0 Å². The third kappa shape index (κ3) is 4.28. The first kappa shape index (κ1) is 17.2. The molecule has 0 spiro atoms. The van der Waals surface area contributed by atoms with E-state index >= 15 is 0 Å². The molecule has 1 aromatic heterocycles. The van der Waals surface area contributed by atoms with Gasteiger partial charge in [0, 0.05) is 6.20 Å². The molecule has 1 atom stereocenters. The van der Waals surface area contributed by atoms with Crippen LogP contribution >= 0.6 is 23.2 Å². The van der Waals surface area contributed by atoms with Crippen LogP contribution in [0.25, 0.3) is 0 Å². The number of benzene rings is 1. The van der Waals surface area contributed by atoms with Gasteiger partial charge in [-0.05, 0) is 42.2 Å². The monoisotopic (exact) mass is 362 g/mol. The fourth-order valence-corrected chi connectivity index (χ4v) is 3.66. The van der Waals surface area contributed by atoms with Crippen LogP contribution in [0.5, 0.6) is 0 Å². The van der Waals surface area contributed by atoms with Crippen molar-refractivity contribution in [1.82, 2.24) is 4.98 Å². The maximum absolute atomic E-state index is 12.9. The van der Waals surface area contributed by atoms with Crippen LogP contribution in [-0.2, 0) is 4.79 Å². The normalized spacial score (nSPS) is 16.1. The first-order valence-corrected chi connectivity index (χ1v) is 9.06. The van der Waals surface area contributed by atoms with Gasteiger partial charge in [-0.3, -0.25) is 4.79 Å². The van der Waals surface area contributed by atoms with E-state index in [9.17, 15) is 4.79 Å². The maximum atomic E-state index is 12.9. The van der Waals surface area contributed by atoms with Gasteiger partial charge in [0.1, 0.15) is 5.82 Å². The van der Waals surface area contributed by atoms with Crippen molar-refractivity contribution in [2.45, 2.75) is 38.0 Å². The minimum absolute atomic E-state index is 0.0426. The van der Waals surface area contributed by atoms with E-state index in [0.29, 0.717) is 21.8 Å². The minimum Gasteiger partial charge on any atom is -0.310 e. The lowest BCUT2D eigenvalue weighted by Gasteiger charge is -2.21. The Bertz CT molecular complexity index is 700. The summed E-state index contributed by atoms with van der Waals surface area (Å²) < 4.78 is 0. The van der Waals surface area contributed by atoms with Crippen LogP contribution in [0.2, 0.25) is 10.0 Å². The molecule has 1 N–H and O–H groups in total. The number of aromatic nitrogens is 1. The molecule has 0 saturated heterocycles. The Morgan fingerprint density at radius 2 is 1.96 bits per heavy atom. The molecular weight excluding hydrogens is 343 g/mol. The van der Waals surface area contributed by atoms with Crippen LogP contribution < -0.4 is 5.32 Å². The number of hydrogen-bond acceptors (Lipinski definition) is 2. The average molecular weight is 363 g/mol. The highest BCUT2D eigenvalue weighted by Gasteiger charge is 2.27. The second kappa shape index (κ2) is 8.00. The highest BCUT2D eigenvalue weighted by molar-refractivity contribution is 6.42. The summed E-state index contributed by atoms with van der Waals surface area (Å²) in [4.78, 5) is 17.0. The number of carbonyl (C=O) groups is 1. The molecule has 126 valence electrons. The van der Waals surface area contributed by atoms with E-state index in [1.165, 1.54) is 25.7 Å². The van der Waals surface area contributed by atoms with Crippen LogP contribution in [0.3, 0.4) is 0 Å². The van der Waals surface area contributed by atoms with Crippen LogP contribution in [0.1, 0.15) is 43.6 Å². The van der Waals surface area contributed by atoms with Gasteiger partial charge in [-0.1, -0.05) is 61.0 Å². The summed E-state index contributed by atoms with van der Waals surface area (Å²) in [6.45, 7) is 0. The van der Waals surface area contributed by atoms with Crippen molar-refractivity contribution < 1.29 is 4.79 Å². The van der Waals surface area contributed by atoms with Gasteiger partial charge in [0.25, 0.3) is 0 Å². The second-order valence-corrected chi connectivity index (χ2v) is 7.13. The molecule has 1 saturated carbocycles. The van der Waals surface area contributed by atoms with Gasteiger partial charge >= 0.3 is 0 Å². The number of carbonyl (C=O) groups excluding carboxylic acids is 1. The zero-order valence-electron chi connectivity index (χ0n) is 13.3. The highest BCUT2D eigenvalue weighted by Crippen LogP contribution is 2.36. The number of hydrogen-bond donors (Lipinski definition) is 1. The largest absolute Gasteiger partial charge is 0.310 e. The molecular formula is C19H20Cl2N2O. The molecule has 1 heterocycles. The summed E-state index contributed by atoms with van der Waals surface area (Å²) in [6, 6.07) is 10.9. The molecule has 1 aromatic carbocycles. The van der Waals surface area contributed by atoms with Gasteiger partial charge in [-0.15, -0.1) is 0 Å². The summed E-state index contributed by atoms with van der Waals surface area (Å²) in [5, 5.41) is 3.91. The highest BCUT2D eigenvalue weighted by atomic mass is 35.5. The minimum atomic E-state index is -0.245. The summed E-state index contributed by atoms with van der Waals surface area (Å²) in [5.41, 5.74) is 0.907. The lowest BCUT2D eigenvalue weighted by atomic mass is 9.87. The fraction of sp³-hybridized carbons (Fsp3) is 0.368. The lowest BCUT2D eigenvalue weighted by molar-refractivity contribution is -0.118. The smallest absolute Gasteiger partial charge is 0.233 e. The third-order valence-electron chi connectivity index (χ3n) is 4.62. The average Bonchev–Trinajstić information content (AvgIpc) is 3.09. The van der Waals surface area contributed by atoms with Crippen molar-refractivity contribution in [1.29, 1.82) is 0 Å². The molecule has 3 nitrogen and oxygen atoms in total. The molecule has 0 bridgehead atoms. The van der Waals surface area contributed by atoms with Crippen LogP contribution in [0.4, 0.5) is 5.82 Å². The predicted octanol–water partition coefficient (Wildman–Crippen LogP) is 5.69. The van der Waals surface area contributed by atoms with Crippen LogP contribution in [-0.4, -0.2) is 10.9 Å². The van der Waals surface area contributed by atoms with Gasteiger partial charge in [0.2, 0.25) is 5.91 Å². The van der Waals surface area contributed by atoms with E-state index in [1.807, 2.05) is 24.3 Å². The van der Waals surface area contributed by atoms with Crippen molar-refractivity contribution in [3.05, 3.63) is 58.2 Å². The van der Waals surface area contributed by atoms with Gasteiger partial charge < -0.3 is 5.32 Å². The number of nitrogens with zero attached hydrogens (tertiary/aromatic N) is 1. The van der Waals surface area contributed by atoms with Crippen molar-refractivity contribution >= 4 is 34.9 Å². The first-order chi connectivity index (χ1) is 11.6. The molecule has 0 unspecified atom stereocenters. The van der Waals surface area contributed by atoms with Gasteiger partial charge in [0.15, 0.2) is 0 Å². The number of rotatable bonds is 5. The molecule has 2 aromatic rings. The molecule has 1 amide bonds. The van der Waals surface area contributed by atoms with Crippen LogP contribution in [0.15, 0.2) is 42.6 Å². The number of halogens is 2. The van der Waals surface area contributed by atoms with Crippen molar-refractivity contribution in [3.63, 3.8) is 0 Å². The molecule has 1 aliphatic rings. The van der Waals surface area contributed by atoms with E-state index < -0.39 is 0 Å². The van der Waals surface area contributed by atoms with Gasteiger partial charge in [-0.25, -0.2) is 4.98 Å². The van der Waals surface area contributed by atoms with E-state index in [0.717, 1.165) is 12.0 Å². The topological polar surface area (TPSA) is 42.0 Å². The summed E-state index contributed by atoms with van der Waals surface area (Å²) in [5.74, 6) is 0.863. The molecule has 0 radical (unpaired) electrons. The molecule has 1 aliphatic carbocycles. The molecule has 1 fully saturated rings. The lowest BCUT2D eigenvalue weighted by Crippen LogP contribution is -2.23. The summed E-state index contributed by atoms with van der Waals surface area (Å²) >= 11 is 12.2. The number of amides is 1. The van der Waals surface area contributed by atoms with E-state index in [4.69, 9.17) is 23.2 Å². The zero-order valence-corrected chi connectivity index (χ0v) is 14.9. The molecule has 24 heavy (non-hydrogen) atoms. The molecule has 5 heteroatoms. The number of anilines is 1. The van der Waals surface area contributed by atoms with Gasteiger partial charge in [0.05, 0.1) is 16.0 Å². The first-order valence-electron chi connectivity index (χ1n) is 8.30. The predicted molar refractivity (Wildman–Crippen MR) is 98.6 cm³/mol. The number of pyridine rings is 1. The van der Waals surface area contributed by atoms with E-state index in [-0.39, 0.29) is 11.8 Å². The van der Waals surface area contributed by atoms with E-state index in [2.05, 4.69) is 10.3 Å². The Kier molecular flexibility index (Phi) is 5.75. The van der Waals surface area contributed by atoms with E-state index in [1.54, 1.807) is 18.3 Å². The molecule has 3 rings (SSSR count). The third-order valence-corrected chi connectivity index (χ3v) is 5.36. The Hall–Kier alpha value is -1.58. The number of nitrogens with one attached hydrogen (secondary N) is 1. The standard InChI is InChI=1S/C19H20Cl2N2O/c20-16-9-8-14(12-17(16)21)15(11-13-5-1-2-6-13)19(24)23-18-7-3-4-10-22-18/h3-4,7-10,12-13,15H,1-2,5-6,11H2,(H,22,23,24)/t15-/m1/s1. The van der Waals surface area contributed by atoms with Crippen LogP contribution in [0, 0.1) is 5.92 Å². The van der Waals surface area contributed by atoms with Crippen molar-refractivity contribution in [3.8, 4) is 0 Å².